The number of hydrogen-bond acceptors (Lipinski definition) is 3. The summed E-state index contributed by atoms with van der Waals surface area (Å²) in [6.07, 6.45) is 1.79. The molecular weight excluding hydrogens is 302 g/mol. The van der Waals surface area contributed by atoms with Crippen LogP contribution in [0.25, 0.3) is 0 Å². The van der Waals surface area contributed by atoms with Gasteiger partial charge < -0.3 is 11.1 Å². The van der Waals surface area contributed by atoms with Gasteiger partial charge in [0.1, 0.15) is 5.82 Å². The number of rotatable bonds is 4. The van der Waals surface area contributed by atoms with E-state index in [1.54, 1.807) is 6.20 Å². The van der Waals surface area contributed by atoms with Gasteiger partial charge in [-0.05, 0) is 47.0 Å². The largest absolute Gasteiger partial charge is 0.359 e. The average Bonchev–Trinajstić information content (AvgIpc) is 2.43. The minimum atomic E-state index is -0.327. The molecule has 1 heterocycles. The maximum absolute atomic E-state index is 5.97. The van der Waals surface area contributed by atoms with Crippen LogP contribution in [0.3, 0.4) is 0 Å². The van der Waals surface area contributed by atoms with Gasteiger partial charge in [0.25, 0.3) is 0 Å². The molecule has 19 heavy (non-hydrogen) atoms. The van der Waals surface area contributed by atoms with Crippen LogP contribution in [0.1, 0.15) is 18.1 Å². The van der Waals surface area contributed by atoms with E-state index in [-0.39, 0.29) is 5.54 Å². The molecule has 2 rings (SSSR count). The maximum atomic E-state index is 5.97. The summed E-state index contributed by atoms with van der Waals surface area (Å²) in [6.45, 7) is 4.61. The van der Waals surface area contributed by atoms with Crippen molar-refractivity contribution in [2.45, 2.75) is 19.4 Å². The first-order valence-corrected chi connectivity index (χ1v) is 7.00. The topological polar surface area (TPSA) is 50.9 Å². The lowest BCUT2D eigenvalue weighted by Gasteiger charge is -2.31. The van der Waals surface area contributed by atoms with Crippen LogP contribution in [0.15, 0.2) is 47.1 Å². The molecule has 0 saturated carbocycles. The summed E-state index contributed by atoms with van der Waals surface area (Å²) in [4.78, 5) is 4.42. The first-order valence-electron chi connectivity index (χ1n) is 6.21. The molecule has 0 saturated heterocycles. The van der Waals surface area contributed by atoms with Crippen molar-refractivity contribution in [3.8, 4) is 0 Å². The van der Waals surface area contributed by atoms with E-state index in [0.717, 1.165) is 21.4 Å². The molecule has 2 aromatic rings. The molecule has 3 nitrogen and oxygen atoms in total. The van der Waals surface area contributed by atoms with Gasteiger partial charge in [-0.3, -0.25) is 0 Å². The van der Waals surface area contributed by atoms with E-state index in [4.69, 9.17) is 5.73 Å². The fraction of sp³-hybridized carbons (Fsp3) is 0.267. The summed E-state index contributed by atoms with van der Waals surface area (Å²) >= 11 is 3.42. The number of pyridine rings is 1. The molecule has 1 unspecified atom stereocenters. The van der Waals surface area contributed by atoms with Crippen molar-refractivity contribution in [1.82, 2.24) is 4.98 Å². The second-order valence-electron chi connectivity index (χ2n) is 4.85. The Morgan fingerprint density at radius 2 is 2.00 bits per heavy atom. The number of aromatic nitrogens is 1. The van der Waals surface area contributed by atoms with Gasteiger partial charge in [-0.2, -0.15) is 0 Å². The second-order valence-corrected chi connectivity index (χ2v) is 5.76. The van der Waals surface area contributed by atoms with Gasteiger partial charge >= 0.3 is 0 Å². The zero-order chi connectivity index (χ0) is 13.9. The molecule has 0 radical (unpaired) electrons. The van der Waals surface area contributed by atoms with E-state index >= 15 is 0 Å². The monoisotopic (exact) mass is 319 g/mol. The molecule has 100 valence electrons. The summed E-state index contributed by atoms with van der Waals surface area (Å²) in [5.74, 6) is 0.861. The van der Waals surface area contributed by atoms with Crippen LogP contribution in [0.5, 0.6) is 0 Å². The molecule has 1 aromatic carbocycles. The highest BCUT2D eigenvalue weighted by atomic mass is 79.9. The van der Waals surface area contributed by atoms with Crippen LogP contribution >= 0.6 is 15.9 Å². The van der Waals surface area contributed by atoms with Gasteiger partial charge in [-0.25, -0.2) is 4.98 Å². The third-order valence-electron chi connectivity index (χ3n) is 3.26. The van der Waals surface area contributed by atoms with Crippen molar-refractivity contribution < 1.29 is 0 Å². The highest BCUT2D eigenvalue weighted by Crippen LogP contribution is 2.26. The summed E-state index contributed by atoms with van der Waals surface area (Å²) < 4.78 is 0.977. The Morgan fingerprint density at radius 1 is 1.32 bits per heavy atom. The molecule has 0 spiro atoms. The Kier molecular flexibility index (Phi) is 4.22. The first-order chi connectivity index (χ1) is 9.05. The van der Waals surface area contributed by atoms with Crippen molar-refractivity contribution >= 4 is 21.7 Å². The Balaban J connectivity index is 2.33. The van der Waals surface area contributed by atoms with Gasteiger partial charge in [-0.1, -0.05) is 30.3 Å². The number of nitrogens with two attached hydrogens (primary N) is 1. The second kappa shape index (κ2) is 5.72. The summed E-state index contributed by atoms with van der Waals surface area (Å²) in [5.41, 5.74) is 7.88. The minimum Gasteiger partial charge on any atom is -0.359 e. The molecule has 4 heteroatoms. The van der Waals surface area contributed by atoms with Gasteiger partial charge in [0.2, 0.25) is 0 Å². The van der Waals surface area contributed by atoms with Crippen LogP contribution in [-0.4, -0.2) is 11.5 Å². The lowest BCUT2D eigenvalue weighted by molar-refractivity contribution is 0.553. The van der Waals surface area contributed by atoms with Crippen molar-refractivity contribution in [2.75, 3.05) is 11.9 Å². The zero-order valence-corrected chi connectivity index (χ0v) is 12.7. The quantitative estimate of drug-likeness (QED) is 0.907. The van der Waals surface area contributed by atoms with Gasteiger partial charge in [0.15, 0.2) is 0 Å². The fourth-order valence-electron chi connectivity index (χ4n) is 1.98. The number of nitrogens with one attached hydrogen (secondary N) is 1. The lowest BCUT2D eigenvalue weighted by atomic mass is 9.92. The standard InChI is InChI=1S/C15H18BrN3/c1-11-8-13(16)9-18-14(11)19-15(2,10-17)12-6-4-3-5-7-12/h3-9H,10,17H2,1-2H3,(H,18,19). The summed E-state index contributed by atoms with van der Waals surface area (Å²) in [7, 11) is 0. The molecule has 0 aliphatic carbocycles. The number of anilines is 1. The van der Waals surface area contributed by atoms with E-state index in [1.807, 2.05) is 31.2 Å². The molecule has 0 fully saturated rings. The predicted molar refractivity (Wildman–Crippen MR) is 83.1 cm³/mol. The smallest absolute Gasteiger partial charge is 0.129 e. The molecular formula is C15H18BrN3. The van der Waals surface area contributed by atoms with E-state index in [9.17, 15) is 0 Å². The van der Waals surface area contributed by atoms with Crippen molar-refractivity contribution in [2.24, 2.45) is 5.73 Å². The maximum Gasteiger partial charge on any atom is 0.129 e. The Morgan fingerprint density at radius 3 is 2.58 bits per heavy atom. The molecule has 3 N–H and O–H groups in total. The van der Waals surface area contributed by atoms with Gasteiger partial charge in [0.05, 0.1) is 5.54 Å². The SMILES string of the molecule is Cc1cc(Br)cnc1NC(C)(CN)c1ccccc1. The third-order valence-corrected chi connectivity index (χ3v) is 3.69. The fourth-order valence-corrected chi connectivity index (χ4v) is 2.43. The van der Waals surface area contributed by atoms with Crippen molar-refractivity contribution in [3.63, 3.8) is 0 Å². The lowest BCUT2D eigenvalue weighted by Crippen LogP contribution is -2.40. The van der Waals surface area contributed by atoms with Crippen molar-refractivity contribution in [1.29, 1.82) is 0 Å². The molecule has 1 aromatic heterocycles. The number of halogens is 1. The predicted octanol–water partition coefficient (Wildman–Crippen LogP) is 3.44. The normalized spacial score (nSPS) is 13.9. The summed E-state index contributed by atoms with van der Waals surface area (Å²) in [6, 6.07) is 12.2. The van der Waals surface area contributed by atoms with Crippen LogP contribution in [0.4, 0.5) is 5.82 Å². The molecule has 1 atom stereocenters. The highest BCUT2D eigenvalue weighted by molar-refractivity contribution is 9.10. The van der Waals surface area contributed by atoms with Crippen LogP contribution < -0.4 is 11.1 Å². The van der Waals surface area contributed by atoms with Gasteiger partial charge in [-0.15, -0.1) is 0 Å². The number of benzene rings is 1. The minimum absolute atomic E-state index is 0.327. The highest BCUT2D eigenvalue weighted by Gasteiger charge is 2.25. The number of hydrogen-bond donors (Lipinski definition) is 2. The van der Waals surface area contributed by atoms with E-state index in [0.29, 0.717) is 6.54 Å². The van der Waals surface area contributed by atoms with E-state index in [1.165, 1.54) is 0 Å². The summed E-state index contributed by atoms with van der Waals surface area (Å²) in [5, 5.41) is 3.46. The van der Waals surface area contributed by atoms with Crippen LogP contribution in [-0.2, 0) is 5.54 Å². The molecule has 0 bridgehead atoms. The van der Waals surface area contributed by atoms with E-state index < -0.39 is 0 Å². The Bertz CT molecular complexity index is 557. The van der Waals surface area contributed by atoms with E-state index in [2.05, 4.69) is 45.3 Å². The van der Waals surface area contributed by atoms with Gasteiger partial charge in [0, 0.05) is 17.2 Å². The Labute approximate surface area is 122 Å². The Hall–Kier alpha value is -1.39. The zero-order valence-electron chi connectivity index (χ0n) is 11.2. The van der Waals surface area contributed by atoms with Crippen LogP contribution in [0.2, 0.25) is 0 Å². The molecule has 0 aliphatic rings. The third kappa shape index (κ3) is 3.14. The van der Waals surface area contributed by atoms with Crippen LogP contribution in [0, 0.1) is 6.92 Å². The number of nitrogens with zero attached hydrogens (tertiary/aromatic N) is 1. The number of aryl methyl sites for hydroxylation is 1. The first kappa shape index (κ1) is 14.0. The molecule has 0 aliphatic heterocycles. The van der Waals surface area contributed by atoms with Crippen molar-refractivity contribution in [3.05, 3.63) is 58.2 Å². The average molecular weight is 320 g/mol. The molecule has 0 amide bonds.